The molecule has 2 aromatic heterocycles. The standard InChI is InChI=1S/C14H14N6/c15-14-16-7-12(17-14)9-3-5-11(6-4-9)20-8-13(18-19-20)10-1-2-10/h3-8,10H,1-2H2,(H3,15,16,17). The van der Waals surface area contributed by atoms with Crippen LogP contribution in [0, 0.1) is 0 Å². The monoisotopic (exact) mass is 266 g/mol. The number of hydrogen-bond donors (Lipinski definition) is 2. The summed E-state index contributed by atoms with van der Waals surface area (Å²) in [6.45, 7) is 0. The van der Waals surface area contributed by atoms with Crippen LogP contribution in [0.4, 0.5) is 5.95 Å². The minimum absolute atomic E-state index is 0.425. The van der Waals surface area contributed by atoms with Gasteiger partial charge in [-0.15, -0.1) is 5.10 Å². The van der Waals surface area contributed by atoms with Gasteiger partial charge in [-0.25, -0.2) is 9.67 Å². The summed E-state index contributed by atoms with van der Waals surface area (Å²) >= 11 is 0. The third-order valence-corrected chi connectivity index (χ3v) is 3.55. The highest BCUT2D eigenvalue weighted by atomic mass is 15.4. The summed E-state index contributed by atoms with van der Waals surface area (Å²) in [6, 6.07) is 8.05. The Morgan fingerprint density at radius 3 is 2.65 bits per heavy atom. The Hall–Kier alpha value is -2.63. The van der Waals surface area contributed by atoms with E-state index in [4.69, 9.17) is 5.73 Å². The third-order valence-electron chi connectivity index (χ3n) is 3.55. The highest BCUT2D eigenvalue weighted by Crippen LogP contribution is 2.38. The Labute approximate surface area is 115 Å². The molecule has 0 radical (unpaired) electrons. The molecule has 3 aromatic rings. The number of nitrogens with two attached hydrogens (primary N) is 1. The number of anilines is 1. The van der Waals surface area contributed by atoms with Crippen molar-refractivity contribution in [1.29, 1.82) is 0 Å². The second kappa shape index (κ2) is 4.19. The molecule has 0 unspecified atom stereocenters. The molecule has 0 amide bonds. The number of imidazole rings is 1. The van der Waals surface area contributed by atoms with E-state index in [2.05, 4.69) is 20.3 Å². The summed E-state index contributed by atoms with van der Waals surface area (Å²) in [5.41, 5.74) is 9.63. The topological polar surface area (TPSA) is 85.4 Å². The molecule has 2 heterocycles. The zero-order chi connectivity index (χ0) is 13.5. The quantitative estimate of drug-likeness (QED) is 0.760. The van der Waals surface area contributed by atoms with Crippen LogP contribution in [0.3, 0.4) is 0 Å². The van der Waals surface area contributed by atoms with Crippen molar-refractivity contribution in [3.05, 3.63) is 42.4 Å². The van der Waals surface area contributed by atoms with Gasteiger partial charge in [0.15, 0.2) is 5.95 Å². The first kappa shape index (κ1) is 11.2. The lowest BCUT2D eigenvalue weighted by molar-refractivity contribution is 0.797. The van der Waals surface area contributed by atoms with E-state index in [0.29, 0.717) is 11.9 Å². The molecule has 6 heteroatoms. The van der Waals surface area contributed by atoms with Crippen molar-refractivity contribution in [2.45, 2.75) is 18.8 Å². The summed E-state index contributed by atoms with van der Waals surface area (Å²) < 4.78 is 1.82. The molecule has 0 atom stereocenters. The summed E-state index contributed by atoms with van der Waals surface area (Å²) in [7, 11) is 0. The van der Waals surface area contributed by atoms with E-state index in [1.807, 2.05) is 35.1 Å². The number of benzene rings is 1. The number of nitrogens with zero attached hydrogens (tertiary/aromatic N) is 4. The highest BCUT2D eigenvalue weighted by Gasteiger charge is 2.26. The molecule has 0 aliphatic heterocycles. The maximum Gasteiger partial charge on any atom is 0.197 e. The van der Waals surface area contributed by atoms with E-state index in [9.17, 15) is 0 Å². The lowest BCUT2D eigenvalue weighted by Crippen LogP contribution is -1.94. The van der Waals surface area contributed by atoms with Gasteiger partial charge in [0.05, 0.1) is 29.5 Å². The van der Waals surface area contributed by atoms with Crippen molar-refractivity contribution in [2.24, 2.45) is 0 Å². The van der Waals surface area contributed by atoms with Gasteiger partial charge in [-0.05, 0) is 30.5 Å². The van der Waals surface area contributed by atoms with Crippen LogP contribution in [0.1, 0.15) is 24.5 Å². The molecule has 3 N–H and O–H groups in total. The number of nitrogens with one attached hydrogen (secondary N) is 1. The van der Waals surface area contributed by atoms with Gasteiger partial charge in [0.1, 0.15) is 0 Å². The average Bonchev–Trinajstić information content (AvgIpc) is 3.04. The molecule has 0 saturated heterocycles. The van der Waals surface area contributed by atoms with Gasteiger partial charge < -0.3 is 10.7 Å². The van der Waals surface area contributed by atoms with E-state index in [1.165, 1.54) is 12.8 Å². The van der Waals surface area contributed by atoms with Crippen LogP contribution in [0.15, 0.2) is 36.7 Å². The Morgan fingerprint density at radius 1 is 1.20 bits per heavy atom. The summed E-state index contributed by atoms with van der Waals surface area (Å²) in [5, 5.41) is 8.40. The van der Waals surface area contributed by atoms with E-state index in [1.54, 1.807) is 6.20 Å². The molecule has 1 aliphatic carbocycles. The molecule has 6 nitrogen and oxygen atoms in total. The van der Waals surface area contributed by atoms with Gasteiger partial charge in [0, 0.05) is 5.92 Å². The third kappa shape index (κ3) is 1.95. The van der Waals surface area contributed by atoms with Gasteiger partial charge in [-0.3, -0.25) is 0 Å². The minimum atomic E-state index is 0.425. The first-order valence-corrected chi connectivity index (χ1v) is 6.63. The van der Waals surface area contributed by atoms with Crippen molar-refractivity contribution in [1.82, 2.24) is 25.0 Å². The molecular formula is C14H14N6. The molecular weight excluding hydrogens is 252 g/mol. The van der Waals surface area contributed by atoms with Crippen molar-refractivity contribution in [2.75, 3.05) is 5.73 Å². The molecule has 4 rings (SSSR count). The number of rotatable bonds is 3. The second-order valence-electron chi connectivity index (χ2n) is 5.09. The number of aromatic amines is 1. The van der Waals surface area contributed by atoms with Crippen LogP contribution in [0.2, 0.25) is 0 Å². The van der Waals surface area contributed by atoms with Gasteiger partial charge >= 0.3 is 0 Å². The van der Waals surface area contributed by atoms with Gasteiger partial charge in [-0.1, -0.05) is 17.3 Å². The van der Waals surface area contributed by atoms with E-state index >= 15 is 0 Å². The van der Waals surface area contributed by atoms with Gasteiger partial charge in [0.25, 0.3) is 0 Å². The van der Waals surface area contributed by atoms with Crippen LogP contribution in [-0.2, 0) is 0 Å². The first-order chi connectivity index (χ1) is 9.79. The largest absolute Gasteiger partial charge is 0.369 e. The predicted molar refractivity (Wildman–Crippen MR) is 75.3 cm³/mol. The van der Waals surface area contributed by atoms with Gasteiger partial charge in [0.2, 0.25) is 0 Å². The van der Waals surface area contributed by atoms with Gasteiger partial charge in [-0.2, -0.15) is 0 Å². The Morgan fingerprint density at radius 2 is 2.00 bits per heavy atom. The Kier molecular flexibility index (Phi) is 2.35. The molecule has 0 spiro atoms. The number of aromatic nitrogens is 5. The zero-order valence-corrected chi connectivity index (χ0v) is 10.8. The Bertz CT molecular complexity index is 735. The van der Waals surface area contributed by atoms with Crippen LogP contribution in [0.5, 0.6) is 0 Å². The van der Waals surface area contributed by atoms with E-state index < -0.39 is 0 Å². The fourth-order valence-corrected chi connectivity index (χ4v) is 2.25. The minimum Gasteiger partial charge on any atom is -0.369 e. The number of H-pyrrole nitrogens is 1. The molecule has 1 aromatic carbocycles. The Balaban J connectivity index is 1.62. The van der Waals surface area contributed by atoms with Crippen molar-refractivity contribution in [3.8, 4) is 16.9 Å². The fraction of sp³-hybridized carbons (Fsp3) is 0.214. The van der Waals surface area contributed by atoms with Crippen molar-refractivity contribution < 1.29 is 0 Å². The molecule has 100 valence electrons. The normalized spacial score (nSPS) is 14.6. The lowest BCUT2D eigenvalue weighted by Gasteiger charge is -2.01. The highest BCUT2D eigenvalue weighted by molar-refractivity contribution is 5.61. The fourth-order valence-electron chi connectivity index (χ4n) is 2.25. The van der Waals surface area contributed by atoms with Crippen LogP contribution in [-0.4, -0.2) is 25.0 Å². The van der Waals surface area contributed by atoms with E-state index in [0.717, 1.165) is 22.6 Å². The SMILES string of the molecule is Nc1ncc(-c2ccc(-n3cc(C4CC4)nn3)cc2)[nH]1. The predicted octanol–water partition coefficient (Wildman–Crippen LogP) is 2.12. The molecule has 1 fully saturated rings. The average molecular weight is 266 g/mol. The van der Waals surface area contributed by atoms with Crippen molar-refractivity contribution in [3.63, 3.8) is 0 Å². The first-order valence-electron chi connectivity index (χ1n) is 6.63. The molecule has 20 heavy (non-hydrogen) atoms. The molecule has 0 bridgehead atoms. The summed E-state index contributed by atoms with van der Waals surface area (Å²) in [4.78, 5) is 7.01. The number of hydrogen-bond acceptors (Lipinski definition) is 4. The molecule has 1 saturated carbocycles. The van der Waals surface area contributed by atoms with Crippen molar-refractivity contribution >= 4 is 5.95 Å². The van der Waals surface area contributed by atoms with Crippen LogP contribution >= 0.6 is 0 Å². The molecule has 1 aliphatic rings. The van der Waals surface area contributed by atoms with Crippen LogP contribution < -0.4 is 5.73 Å². The maximum absolute atomic E-state index is 5.58. The zero-order valence-electron chi connectivity index (χ0n) is 10.8. The maximum atomic E-state index is 5.58. The second-order valence-corrected chi connectivity index (χ2v) is 5.09. The number of nitrogen functional groups attached to an aromatic ring is 1. The smallest absolute Gasteiger partial charge is 0.197 e. The summed E-state index contributed by atoms with van der Waals surface area (Å²) in [5.74, 6) is 1.05. The summed E-state index contributed by atoms with van der Waals surface area (Å²) in [6.07, 6.45) is 6.21. The van der Waals surface area contributed by atoms with Crippen LogP contribution in [0.25, 0.3) is 16.9 Å². The van der Waals surface area contributed by atoms with E-state index in [-0.39, 0.29) is 0 Å². The lowest BCUT2D eigenvalue weighted by atomic mass is 10.1.